The standard InChI is InChI=1S/C29H30F2N6O7S/c1-36(13-14-43-2)16-20-25(26(38)32-23-11-12-24(44-3)35-34-23)27(33-28(39)40)45-29(20,15-19-21(30)5-4-6-22(19)31)17-7-9-18(10-8-17)37(41)42/h4-12,27,33H,13-16H2,1-3H3,(H,39,40)(H,32,34,38). The molecule has 0 aliphatic carbocycles. The van der Waals surface area contributed by atoms with Crippen molar-refractivity contribution in [1.82, 2.24) is 20.4 Å². The number of carbonyl (C=O) groups is 2. The van der Waals surface area contributed by atoms with Crippen molar-refractivity contribution in [2.75, 3.05) is 46.3 Å². The highest BCUT2D eigenvalue weighted by Gasteiger charge is 2.51. The zero-order valence-electron chi connectivity index (χ0n) is 24.5. The highest BCUT2D eigenvalue weighted by molar-refractivity contribution is 8.01. The van der Waals surface area contributed by atoms with Gasteiger partial charge < -0.3 is 30.1 Å². The summed E-state index contributed by atoms with van der Waals surface area (Å²) in [6.45, 7) is 0.715. The van der Waals surface area contributed by atoms with Gasteiger partial charge in [0.25, 0.3) is 11.6 Å². The number of thioether (sulfide) groups is 1. The molecule has 3 N–H and O–H groups in total. The van der Waals surface area contributed by atoms with E-state index in [0.29, 0.717) is 24.3 Å². The summed E-state index contributed by atoms with van der Waals surface area (Å²) in [5, 5.41) is 32.8. The van der Waals surface area contributed by atoms with Crippen LogP contribution in [0.3, 0.4) is 0 Å². The molecule has 3 aromatic rings. The van der Waals surface area contributed by atoms with Crippen molar-refractivity contribution in [2.24, 2.45) is 0 Å². The van der Waals surface area contributed by atoms with Crippen molar-refractivity contribution in [3.05, 3.63) is 98.6 Å². The van der Waals surface area contributed by atoms with Gasteiger partial charge in [0.15, 0.2) is 5.82 Å². The molecule has 2 heterocycles. The predicted molar refractivity (Wildman–Crippen MR) is 161 cm³/mol. The summed E-state index contributed by atoms with van der Waals surface area (Å²) in [6, 6.07) is 11.7. The highest BCUT2D eigenvalue weighted by atomic mass is 32.2. The molecule has 2 aromatic carbocycles. The van der Waals surface area contributed by atoms with Crippen LogP contribution in [0.5, 0.6) is 5.88 Å². The lowest BCUT2D eigenvalue weighted by Gasteiger charge is -2.35. The van der Waals surface area contributed by atoms with Crippen LogP contribution in [0.2, 0.25) is 0 Å². The van der Waals surface area contributed by atoms with Gasteiger partial charge in [0.1, 0.15) is 17.0 Å². The average molecular weight is 645 g/mol. The number of halogens is 2. The van der Waals surface area contributed by atoms with Crippen LogP contribution in [0.1, 0.15) is 11.1 Å². The van der Waals surface area contributed by atoms with Crippen LogP contribution in [0.25, 0.3) is 0 Å². The molecular weight excluding hydrogens is 614 g/mol. The summed E-state index contributed by atoms with van der Waals surface area (Å²) in [7, 11) is 4.65. The summed E-state index contributed by atoms with van der Waals surface area (Å²) in [6.07, 6.45) is -1.82. The van der Waals surface area contributed by atoms with Crippen LogP contribution < -0.4 is 15.4 Å². The number of rotatable bonds is 13. The molecule has 0 saturated carbocycles. The van der Waals surface area contributed by atoms with E-state index >= 15 is 8.78 Å². The number of ether oxygens (including phenoxy) is 2. The van der Waals surface area contributed by atoms with Crippen molar-refractivity contribution in [2.45, 2.75) is 16.5 Å². The fraction of sp³-hybridized carbons (Fsp3) is 0.310. The number of nitro groups is 1. The molecule has 1 aliphatic heterocycles. The summed E-state index contributed by atoms with van der Waals surface area (Å²) in [5.41, 5.74) is 0.116. The zero-order valence-corrected chi connectivity index (χ0v) is 25.3. The minimum atomic E-state index is -1.48. The SMILES string of the molecule is COCCN(C)CC1=C(C(=O)Nc2ccc(OC)nn2)C(NC(=O)O)SC1(Cc1c(F)cccc1F)c1ccc([N+](=O)[O-])cc1. The van der Waals surface area contributed by atoms with Crippen LogP contribution >= 0.6 is 11.8 Å². The van der Waals surface area contributed by atoms with Crippen LogP contribution in [0.15, 0.2) is 65.7 Å². The minimum absolute atomic E-state index is 0.0261. The highest BCUT2D eigenvalue weighted by Crippen LogP contribution is 2.56. The molecule has 0 spiro atoms. The van der Waals surface area contributed by atoms with Gasteiger partial charge in [-0.3, -0.25) is 14.9 Å². The molecule has 1 aromatic heterocycles. The molecule has 238 valence electrons. The molecular formula is C29H30F2N6O7S. The third kappa shape index (κ3) is 7.53. The van der Waals surface area contributed by atoms with E-state index in [4.69, 9.17) is 9.47 Å². The number of non-ortho nitro benzene ring substituents is 1. The molecule has 1 aliphatic rings. The Morgan fingerprint density at radius 2 is 1.80 bits per heavy atom. The average Bonchev–Trinajstić information content (AvgIpc) is 3.30. The molecule has 45 heavy (non-hydrogen) atoms. The van der Waals surface area contributed by atoms with Crippen LogP contribution in [-0.4, -0.2) is 83.5 Å². The normalized spacial score (nSPS) is 17.8. The molecule has 13 nitrogen and oxygen atoms in total. The molecule has 0 fully saturated rings. The first-order chi connectivity index (χ1) is 21.5. The molecule has 4 rings (SSSR count). The van der Waals surface area contributed by atoms with Crippen molar-refractivity contribution < 1.29 is 37.9 Å². The predicted octanol–water partition coefficient (Wildman–Crippen LogP) is 3.96. The summed E-state index contributed by atoms with van der Waals surface area (Å²) >= 11 is 0.949. The number of anilines is 1. The van der Waals surface area contributed by atoms with E-state index in [9.17, 15) is 24.8 Å². The van der Waals surface area contributed by atoms with Gasteiger partial charge in [-0.05, 0) is 36.4 Å². The molecule has 16 heteroatoms. The molecule has 0 bridgehead atoms. The van der Waals surface area contributed by atoms with E-state index < -0.39 is 38.7 Å². The van der Waals surface area contributed by atoms with Gasteiger partial charge >= 0.3 is 6.09 Å². The van der Waals surface area contributed by atoms with Gasteiger partial charge in [-0.1, -0.05) is 18.2 Å². The number of amides is 2. The lowest BCUT2D eigenvalue weighted by atomic mass is 9.81. The Labute approximate surface area is 260 Å². The first kappa shape index (κ1) is 33.2. The van der Waals surface area contributed by atoms with E-state index in [-0.39, 0.29) is 41.5 Å². The van der Waals surface area contributed by atoms with Gasteiger partial charge in [0.05, 0.1) is 29.0 Å². The molecule has 0 radical (unpaired) electrons. The van der Waals surface area contributed by atoms with E-state index in [1.54, 1.807) is 11.9 Å². The maximum Gasteiger partial charge on any atom is 0.405 e. The quantitative estimate of drug-likeness (QED) is 0.182. The molecule has 2 unspecified atom stereocenters. The maximum atomic E-state index is 15.2. The van der Waals surface area contributed by atoms with Crippen LogP contribution in [0.4, 0.5) is 25.1 Å². The lowest BCUT2D eigenvalue weighted by Crippen LogP contribution is -2.36. The number of methoxy groups -OCH3 is 2. The zero-order chi connectivity index (χ0) is 32.7. The second kappa shape index (κ2) is 14.4. The van der Waals surface area contributed by atoms with Crippen LogP contribution in [0, 0.1) is 21.7 Å². The van der Waals surface area contributed by atoms with Crippen molar-refractivity contribution >= 4 is 35.3 Å². The monoisotopic (exact) mass is 644 g/mol. The minimum Gasteiger partial charge on any atom is -0.480 e. The second-order valence-electron chi connectivity index (χ2n) is 9.99. The van der Waals surface area contributed by atoms with Gasteiger partial charge in [0.2, 0.25) is 5.88 Å². The Kier molecular flexibility index (Phi) is 10.6. The lowest BCUT2D eigenvalue weighted by molar-refractivity contribution is -0.384. The number of hydrogen-bond donors (Lipinski definition) is 3. The number of aromatic nitrogens is 2. The van der Waals surface area contributed by atoms with Crippen LogP contribution in [-0.2, 0) is 20.7 Å². The Balaban J connectivity index is 1.97. The second-order valence-corrected chi connectivity index (χ2v) is 11.4. The first-order valence-electron chi connectivity index (χ1n) is 13.4. The first-order valence-corrected chi connectivity index (χ1v) is 14.3. The van der Waals surface area contributed by atoms with Gasteiger partial charge in [-0.25, -0.2) is 13.6 Å². The van der Waals surface area contributed by atoms with E-state index in [1.165, 1.54) is 56.7 Å². The fourth-order valence-corrected chi connectivity index (χ4v) is 6.71. The summed E-state index contributed by atoms with van der Waals surface area (Å²) in [5.74, 6) is -2.21. The fourth-order valence-electron chi connectivity index (χ4n) is 4.96. The number of nitro benzene ring substituents is 1. The van der Waals surface area contributed by atoms with Crippen molar-refractivity contribution in [1.29, 1.82) is 0 Å². The molecule has 0 saturated heterocycles. The largest absolute Gasteiger partial charge is 0.480 e. The maximum absolute atomic E-state index is 15.2. The van der Waals surface area contributed by atoms with E-state index in [1.807, 2.05) is 0 Å². The number of carboxylic acid groups (broad SMARTS) is 1. The van der Waals surface area contributed by atoms with Crippen molar-refractivity contribution in [3.8, 4) is 5.88 Å². The van der Waals surface area contributed by atoms with Gasteiger partial charge in [0, 0.05) is 50.4 Å². The Morgan fingerprint density at radius 1 is 1.11 bits per heavy atom. The number of nitrogens with zero attached hydrogens (tertiary/aromatic N) is 4. The Hall–Kier alpha value is -4.67. The molecule has 2 amide bonds. The Morgan fingerprint density at radius 3 is 2.36 bits per heavy atom. The van der Waals surface area contributed by atoms with Gasteiger partial charge in [-0.2, -0.15) is 0 Å². The number of carbonyl (C=O) groups excluding carboxylic acids is 1. The topological polar surface area (TPSA) is 169 Å². The van der Waals surface area contributed by atoms with E-state index in [0.717, 1.165) is 23.9 Å². The third-order valence-corrected chi connectivity index (χ3v) is 8.74. The number of likely N-dealkylation sites (N-methyl/N-ethyl adjacent to an activating group) is 1. The summed E-state index contributed by atoms with van der Waals surface area (Å²) in [4.78, 5) is 38.7. The number of nitrogens with one attached hydrogen (secondary N) is 2. The number of hydrogen-bond acceptors (Lipinski definition) is 10. The van der Waals surface area contributed by atoms with Gasteiger partial charge in [-0.15, -0.1) is 22.0 Å². The molecule has 2 atom stereocenters. The number of benzene rings is 2. The summed E-state index contributed by atoms with van der Waals surface area (Å²) < 4.78 is 39.2. The Bertz CT molecular complexity index is 1570. The van der Waals surface area contributed by atoms with E-state index in [2.05, 4.69) is 20.8 Å². The smallest absolute Gasteiger partial charge is 0.405 e. The third-order valence-electron chi connectivity index (χ3n) is 7.12. The van der Waals surface area contributed by atoms with Crippen molar-refractivity contribution in [3.63, 3.8) is 0 Å².